The first-order chi connectivity index (χ1) is 17.7. The largest absolute Gasteiger partial charge is 0.489 e. The molecular formula is C26H28N4O6S. The Morgan fingerprint density at radius 1 is 1.14 bits per heavy atom. The van der Waals surface area contributed by atoms with Gasteiger partial charge in [-0.05, 0) is 56.2 Å². The van der Waals surface area contributed by atoms with Gasteiger partial charge in [0.25, 0.3) is 5.91 Å². The first kappa shape index (κ1) is 25.1. The van der Waals surface area contributed by atoms with Crippen molar-refractivity contribution in [1.82, 2.24) is 20.1 Å². The molecule has 0 atom stereocenters. The van der Waals surface area contributed by atoms with E-state index in [0.717, 1.165) is 41.4 Å². The van der Waals surface area contributed by atoms with Crippen molar-refractivity contribution < 1.29 is 28.0 Å². The third kappa shape index (κ3) is 4.89. The highest BCUT2D eigenvalue weighted by Gasteiger charge is 2.54. The van der Waals surface area contributed by atoms with E-state index in [0.29, 0.717) is 5.75 Å². The van der Waals surface area contributed by atoms with Crippen molar-refractivity contribution in [3.63, 3.8) is 0 Å². The van der Waals surface area contributed by atoms with Crippen LogP contribution in [0.25, 0.3) is 10.9 Å². The fourth-order valence-corrected chi connectivity index (χ4v) is 6.09. The van der Waals surface area contributed by atoms with E-state index in [4.69, 9.17) is 4.74 Å². The Bertz CT molecular complexity index is 1450. The predicted molar refractivity (Wildman–Crippen MR) is 134 cm³/mol. The van der Waals surface area contributed by atoms with Crippen LogP contribution in [-0.2, 0) is 26.2 Å². The number of fused-ring (bicyclic) bond motifs is 1. The summed E-state index contributed by atoms with van der Waals surface area (Å²) in [6.45, 7) is 1.90. The van der Waals surface area contributed by atoms with Gasteiger partial charge in [0.15, 0.2) is 0 Å². The first-order valence-electron chi connectivity index (χ1n) is 12.1. The summed E-state index contributed by atoms with van der Waals surface area (Å²) in [5.74, 6) is -0.603. The molecule has 0 bridgehead atoms. The number of aromatic nitrogens is 1. The molecule has 1 saturated heterocycles. The predicted octanol–water partition coefficient (Wildman–Crippen LogP) is 2.29. The third-order valence-electron chi connectivity index (χ3n) is 7.01. The molecule has 2 fully saturated rings. The van der Waals surface area contributed by atoms with Crippen LogP contribution < -0.4 is 14.9 Å². The van der Waals surface area contributed by atoms with Gasteiger partial charge in [0.2, 0.25) is 15.9 Å². The number of likely N-dealkylation sites (tertiary alicyclic amines) is 1. The number of carbonyl (C=O) groups is 2. The molecule has 1 saturated carbocycles. The fourth-order valence-electron chi connectivity index (χ4n) is 4.74. The van der Waals surface area contributed by atoms with Gasteiger partial charge >= 0.3 is 0 Å². The maximum Gasteiger partial charge on any atom is 0.268 e. The Morgan fingerprint density at radius 2 is 1.84 bits per heavy atom. The molecule has 1 aromatic heterocycles. The molecule has 2 aromatic carbocycles. The number of aryl methyl sites for hydroxylation is 1. The molecule has 37 heavy (non-hydrogen) atoms. The van der Waals surface area contributed by atoms with E-state index in [2.05, 4.69) is 9.71 Å². The molecule has 5 rings (SSSR count). The zero-order valence-corrected chi connectivity index (χ0v) is 21.1. The van der Waals surface area contributed by atoms with Crippen molar-refractivity contribution in [1.29, 1.82) is 0 Å². The SMILES string of the molecule is Cc1cc(COc2ccc(S(=O)(=O)NC3(C(=O)NO)CN(C(=O)C4CCC4)C3)cc2)c2ccccc2n1. The van der Waals surface area contributed by atoms with Gasteiger partial charge in [-0.25, -0.2) is 13.9 Å². The molecule has 1 aliphatic heterocycles. The highest BCUT2D eigenvalue weighted by molar-refractivity contribution is 7.89. The number of hydrogen-bond acceptors (Lipinski definition) is 7. The zero-order chi connectivity index (χ0) is 26.2. The summed E-state index contributed by atoms with van der Waals surface area (Å²) in [7, 11) is -4.14. The lowest BCUT2D eigenvalue weighted by molar-refractivity contribution is -0.154. The minimum Gasteiger partial charge on any atom is -0.489 e. The summed E-state index contributed by atoms with van der Waals surface area (Å²) in [4.78, 5) is 30.8. The van der Waals surface area contributed by atoms with Crippen molar-refractivity contribution in [2.45, 2.75) is 43.2 Å². The zero-order valence-electron chi connectivity index (χ0n) is 20.3. The average Bonchev–Trinajstić information content (AvgIpc) is 2.83. The summed E-state index contributed by atoms with van der Waals surface area (Å²) >= 11 is 0. The van der Waals surface area contributed by atoms with Crippen LogP contribution in [0.1, 0.15) is 30.5 Å². The third-order valence-corrected chi connectivity index (χ3v) is 8.56. The van der Waals surface area contributed by atoms with Gasteiger partial charge in [0, 0.05) is 22.6 Å². The smallest absolute Gasteiger partial charge is 0.268 e. The molecule has 0 unspecified atom stereocenters. The molecule has 10 nitrogen and oxygen atoms in total. The molecule has 2 heterocycles. The van der Waals surface area contributed by atoms with E-state index in [-0.39, 0.29) is 36.4 Å². The number of carbonyl (C=O) groups excluding carboxylic acids is 2. The number of pyridine rings is 1. The number of nitrogens with zero attached hydrogens (tertiary/aromatic N) is 2. The van der Waals surface area contributed by atoms with Crippen LogP contribution in [0.4, 0.5) is 0 Å². The van der Waals surface area contributed by atoms with Gasteiger partial charge in [-0.3, -0.25) is 19.8 Å². The summed E-state index contributed by atoms with van der Waals surface area (Å²) in [5, 5.41) is 10.2. The highest BCUT2D eigenvalue weighted by Crippen LogP contribution is 2.33. The summed E-state index contributed by atoms with van der Waals surface area (Å²) in [6, 6.07) is 15.6. The quantitative estimate of drug-likeness (QED) is 0.304. The Kier molecular flexibility index (Phi) is 6.61. The molecule has 3 N–H and O–H groups in total. The molecular weight excluding hydrogens is 496 g/mol. The molecule has 0 radical (unpaired) electrons. The number of benzene rings is 2. The van der Waals surface area contributed by atoms with Crippen LogP contribution in [0, 0.1) is 12.8 Å². The summed E-state index contributed by atoms with van der Waals surface area (Å²) in [6.07, 6.45) is 2.58. The molecule has 194 valence electrons. The van der Waals surface area contributed by atoms with Crippen LogP contribution >= 0.6 is 0 Å². The Balaban J connectivity index is 1.27. The van der Waals surface area contributed by atoms with E-state index in [1.165, 1.54) is 34.6 Å². The number of hydrogen-bond donors (Lipinski definition) is 3. The maximum absolute atomic E-state index is 13.1. The minimum atomic E-state index is -4.14. The first-order valence-corrected chi connectivity index (χ1v) is 13.5. The molecule has 11 heteroatoms. The van der Waals surface area contributed by atoms with Crippen molar-refractivity contribution in [3.05, 3.63) is 65.9 Å². The number of amides is 2. The number of ether oxygens (including phenoxy) is 1. The number of hydroxylamine groups is 1. The van der Waals surface area contributed by atoms with Crippen LogP contribution in [-0.4, -0.2) is 54.0 Å². The standard InChI is InChI=1S/C26H28N4O6S/c1-17-13-19(22-7-2-3-8-23(22)27-17)14-36-20-9-11-21(12-10-20)37(34,35)29-26(25(32)28-33)15-30(16-26)24(31)18-5-4-6-18/h2-3,7-13,18,29,33H,4-6,14-16H2,1H3,(H,28,32). The molecule has 2 aliphatic rings. The van der Waals surface area contributed by atoms with Gasteiger partial charge in [-0.2, -0.15) is 4.72 Å². The summed E-state index contributed by atoms with van der Waals surface area (Å²) in [5.41, 5.74) is 2.60. The van der Waals surface area contributed by atoms with Crippen molar-refractivity contribution >= 4 is 32.7 Å². The molecule has 3 aromatic rings. The molecule has 0 spiro atoms. The van der Waals surface area contributed by atoms with Crippen LogP contribution in [0.3, 0.4) is 0 Å². The Labute approximate surface area is 214 Å². The van der Waals surface area contributed by atoms with Gasteiger partial charge < -0.3 is 9.64 Å². The van der Waals surface area contributed by atoms with Crippen molar-refractivity contribution in [2.75, 3.05) is 13.1 Å². The van der Waals surface area contributed by atoms with Gasteiger partial charge in [0.1, 0.15) is 17.9 Å². The van der Waals surface area contributed by atoms with Crippen molar-refractivity contribution in [2.24, 2.45) is 5.92 Å². The van der Waals surface area contributed by atoms with Crippen LogP contribution in [0.5, 0.6) is 5.75 Å². The number of para-hydroxylation sites is 1. The van der Waals surface area contributed by atoms with Crippen molar-refractivity contribution in [3.8, 4) is 5.75 Å². The van der Waals surface area contributed by atoms with Crippen LogP contribution in [0.15, 0.2) is 59.5 Å². The van der Waals surface area contributed by atoms with Crippen LogP contribution in [0.2, 0.25) is 0 Å². The Morgan fingerprint density at radius 3 is 2.49 bits per heavy atom. The lowest BCUT2D eigenvalue weighted by atomic mass is 9.81. The van der Waals surface area contributed by atoms with Gasteiger partial charge in [-0.1, -0.05) is 24.6 Å². The number of rotatable bonds is 8. The average molecular weight is 525 g/mol. The lowest BCUT2D eigenvalue weighted by Crippen LogP contribution is -2.77. The maximum atomic E-state index is 13.1. The second kappa shape index (κ2) is 9.73. The number of sulfonamides is 1. The van der Waals surface area contributed by atoms with E-state index in [1.807, 2.05) is 37.3 Å². The Hall–Kier alpha value is -3.54. The van der Waals surface area contributed by atoms with Gasteiger partial charge in [-0.15, -0.1) is 0 Å². The van der Waals surface area contributed by atoms with E-state index < -0.39 is 21.5 Å². The molecule has 2 amide bonds. The molecule has 1 aliphatic carbocycles. The highest BCUT2D eigenvalue weighted by atomic mass is 32.2. The topological polar surface area (TPSA) is 138 Å². The second-order valence-corrected chi connectivity index (χ2v) is 11.3. The van der Waals surface area contributed by atoms with E-state index in [9.17, 15) is 23.2 Å². The van der Waals surface area contributed by atoms with E-state index >= 15 is 0 Å². The number of nitrogens with one attached hydrogen (secondary N) is 2. The fraction of sp³-hybridized carbons (Fsp3) is 0.346. The monoisotopic (exact) mass is 524 g/mol. The second-order valence-electron chi connectivity index (χ2n) is 9.65. The van der Waals surface area contributed by atoms with E-state index in [1.54, 1.807) is 0 Å². The lowest BCUT2D eigenvalue weighted by Gasteiger charge is -2.49. The normalized spacial score (nSPS) is 17.1. The summed E-state index contributed by atoms with van der Waals surface area (Å²) < 4.78 is 34.5. The minimum absolute atomic E-state index is 0.0704. The van der Waals surface area contributed by atoms with Gasteiger partial charge in [0.05, 0.1) is 23.5 Å².